The predicted octanol–water partition coefficient (Wildman–Crippen LogP) is 0.894. The van der Waals surface area contributed by atoms with E-state index in [1.165, 1.54) is 18.5 Å². The van der Waals surface area contributed by atoms with Crippen molar-refractivity contribution in [3.8, 4) is 0 Å². The number of para-hydroxylation sites is 1. The number of nitrogens with one attached hydrogen (secondary N) is 4. The number of carbonyl (C=O) groups excluding carboxylic acids is 4. The van der Waals surface area contributed by atoms with Crippen molar-refractivity contribution < 1.29 is 28.0 Å². The fraction of sp³-hybridized carbons (Fsp3) is 0.0952. The van der Waals surface area contributed by atoms with Crippen LogP contribution in [-0.2, 0) is 32.3 Å². The minimum atomic E-state index is -0.962. The molecule has 0 saturated carbocycles. The standard InChI is InChI=1S/C21H19N5O6/c27-18(20(29)25-14-5-2-1-3-6-14)23-12-16-8-9-17(32-16)13-24-26-21(30)19(28)22-11-15-7-4-10-31-15/h1-10,13H,11-12H2,(H,22,28)(H,23,27)(H,25,29)(H,26,30)/b24-13+. The molecule has 4 N–H and O–H groups in total. The number of hydrogen-bond donors (Lipinski definition) is 4. The molecule has 0 spiro atoms. The van der Waals surface area contributed by atoms with Crippen LogP contribution < -0.4 is 21.4 Å². The molecule has 3 aromatic rings. The van der Waals surface area contributed by atoms with Gasteiger partial charge in [0.05, 0.1) is 25.6 Å². The van der Waals surface area contributed by atoms with Crippen molar-refractivity contribution >= 4 is 35.5 Å². The lowest BCUT2D eigenvalue weighted by Gasteiger charge is -2.05. The number of nitrogens with zero attached hydrogens (tertiary/aromatic N) is 1. The second-order valence-corrected chi connectivity index (χ2v) is 6.27. The Kier molecular flexibility index (Phi) is 7.52. The van der Waals surface area contributed by atoms with Gasteiger partial charge in [0.1, 0.15) is 17.3 Å². The number of carbonyl (C=O) groups is 4. The van der Waals surface area contributed by atoms with Crippen molar-refractivity contribution in [1.29, 1.82) is 0 Å². The summed E-state index contributed by atoms with van der Waals surface area (Å²) >= 11 is 0. The van der Waals surface area contributed by atoms with E-state index in [0.717, 1.165) is 0 Å². The number of furan rings is 2. The van der Waals surface area contributed by atoms with Gasteiger partial charge in [0.15, 0.2) is 0 Å². The molecule has 3 rings (SSSR count). The van der Waals surface area contributed by atoms with E-state index in [-0.39, 0.29) is 18.8 Å². The van der Waals surface area contributed by atoms with Crippen molar-refractivity contribution in [2.45, 2.75) is 13.1 Å². The van der Waals surface area contributed by atoms with Crippen LogP contribution in [0.2, 0.25) is 0 Å². The minimum Gasteiger partial charge on any atom is -0.467 e. The lowest BCUT2D eigenvalue weighted by Crippen LogP contribution is -2.37. The highest BCUT2D eigenvalue weighted by molar-refractivity contribution is 6.39. The van der Waals surface area contributed by atoms with Gasteiger partial charge < -0.3 is 24.8 Å². The third kappa shape index (κ3) is 6.69. The van der Waals surface area contributed by atoms with E-state index in [1.54, 1.807) is 48.5 Å². The van der Waals surface area contributed by atoms with Crippen molar-refractivity contribution in [3.05, 3.63) is 78.1 Å². The first kappa shape index (κ1) is 22.0. The molecule has 11 heteroatoms. The summed E-state index contributed by atoms with van der Waals surface area (Å²) in [6, 6.07) is 15.0. The predicted molar refractivity (Wildman–Crippen MR) is 112 cm³/mol. The quantitative estimate of drug-likeness (QED) is 0.244. The van der Waals surface area contributed by atoms with Crippen LogP contribution in [-0.4, -0.2) is 29.8 Å². The Morgan fingerprint density at radius 2 is 1.50 bits per heavy atom. The monoisotopic (exact) mass is 437 g/mol. The Bertz CT molecular complexity index is 1100. The number of anilines is 1. The van der Waals surface area contributed by atoms with Crippen LogP contribution in [0.5, 0.6) is 0 Å². The van der Waals surface area contributed by atoms with Gasteiger partial charge in [-0.05, 0) is 36.4 Å². The molecule has 2 heterocycles. The van der Waals surface area contributed by atoms with Crippen LogP contribution in [0, 0.1) is 0 Å². The second kappa shape index (κ2) is 10.9. The molecule has 0 radical (unpaired) electrons. The molecule has 0 unspecified atom stereocenters. The summed E-state index contributed by atoms with van der Waals surface area (Å²) in [6.45, 7) is 0.0377. The molecule has 0 atom stereocenters. The van der Waals surface area contributed by atoms with Gasteiger partial charge in [0.2, 0.25) is 0 Å². The summed E-state index contributed by atoms with van der Waals surface area (Å²) in [5.74, 6) is -2.35. The van der Waals surface area contributed by atoms with E-state index in [2.05, 4.69) is 26.5 Å². The zero-order valence-electron chi connectivity index (χ0n) is 16.7. The maximum absolute atomic E-state index is 11.9. The summed E-state index contributed by atoms with van der Waals surface area (Å²) in [5.41, 5.74) is 2.56. The average molecular weight is 437 g/mol. The highest BCUT2D eigenvalue weighted by Gasteiger charge is 2.14. The van der Waals surface area contributed by atoms with E-state index in [1.807, 2.05) is 0 Å². The molecule has 32 heavy (non-hydrogen) atoms. The van der Waals surface area contributed by atoms with Gasteiger partial charge in [0.25, 0.3) is 0 Å². The molecule has 0 aliphatic carbocycles. The SMILES string of the molecule is O=C(NCc1ccco1)C(=O)N/N=C/c1ccc(CNC(=O)C(=O)Nc2ccccc2)o1. The first-order chi connectivity index (χ1) is 15.5. The van der Waals surface area contributed by atoms with Crippen LogP contribution in [0.15, 0.2) is 74.8 Å². The van der Waals surface area contributed by atoms with E-state index in [9.17, 15) is 19.2 Å². The average Bonchev–Trinajstić information content (AvgIpc) is 3.48. The van der Waals surface area contributed by atoms with Crippen molar-refractivity contribution in [1.82, 2.24) is 16.1 Å². The zero-order valence-corrected chi connectivity index (χ0v) is 16.7. The molecule has 0 aliphatic heterocycles. The Hall–Kier alpha value is -4.67. The third-order valence-corrected chi connectivity index (χ3v) is 3.91. The van der Waals surface area contributed by atoms with Crippen molar-refractivity contribution in [2.24, 2.45) is 5.10 Å². The summed E-state index contributed by atoms with van der Waals surface area (Å²) in [7, 11) is 0. The lowest BCUT2D eigenvalue weighted by atomic mass is 10.3. The molecule has 0 aliphatic rings. The van der Waals surface area contributed by atoms with Crippen LogP contribution in [0.25, 0.3) is 0 Å². The van der Waals surface area contributed by atoms with Crippen LogP contribution in [0.4, 0.5) is 5.69 Å². The Morgan fingerprint density at radius 3 is 2.22 bits per heavy atom. The van der Waals surface area contributed by atoms with Crippen LogP contribution in [0.3, 0.4) is 0 Å². The van der Waals surface area contributed by atoms with Gasteiger partial charge in [-0.2, -0.15) is 5.10 Å². The van der Waals surface area contributed by atoms with Crippen molar-refractivity contribution in [2.75, 3.05) is 5.32 Å². The van der Waals surface area contributed by atoms with Crippen LogP contribution in [0.1, 0.15) is 17.3 Å². The molecule has 0 bridgehead atoms. The molecule has 0 fully saturated rings. The van der Waals surface area contributed by atoms with Gasteiger partial charge >= 0.3 is 23.6 Å². The second-order valence-electron chi connectivity index (χ2n) is 6.27. The van der Waals surface area contributed by atoms with Crippen molar-refractivity contribution in [3.63, 3.8) is 0 Å². The van der Waals surface area contributed by atoms with E-state index in [0.29, 0.717) is 17.2 Å². The minimum absolute atomic E-state index is 0.0313. The topological polar surface area (TPSA) is 155 Å². The summed E-state index contributed by atoms with van der Waals surface area (Å²) in [5, 5.41) is 10.9. The van der Waals surface area contributed by atoms with E-state index >= 15 is 0 Å². The Balaban J connectivity index is 1.39. The van der Waals surface area contributed by atoms with Gasteiger partial charge in [-0.25, -0.2) is 5.43 Å². The summed E-state index contributed by atoms with van der Waals surface area (Å²) < 4.78 is 10.5. The fourth-order valence-corrected chi connectivity index (χ4v) is 2.38. The molecule has 1 aromatic carbocycles. The number of hydrazone groups is 1. The summed E-state index contributed by atoms with van der Waals surface area (Å²) in [4.78, 5) is 47.1. The zero-order chi connectivity index (χ0) is 22.8. The maximum Gasteiger partial charge on any atom is 0.329 e. The third-order valence-electron chi connectivity index (χ3n) is 3.91. The first-order valence-corrected chi connectivity index (χ1v) is 9.38. The molecular weight excluding hydrogens is 418 g/mol. The van der Waals surface area contributed by atoms with Gasteiger partial charge in [-0.1, -0.05) is 18.2 Å². The number of rotatable bonds is 7. The highest BCUT2D eigenvalue weighted by Crippen LogP contribution is 2.06. The van der Waals surface area contributed by atoms with E-state index in [4.69, 9.17) is 8.83 Å². The van der Waals surface area contributed by atoms with Gasteiger partial charge in [0, 0.05) is 5.69 Å². The van der Waals surface area contributed by atoms with Crippen LogP contribution >= 0.6 is 0 Å². The molecule has 2 aromatic heterocycles. The van der Waals surface area contributed by atoms with E-state index < -0.39 is 23.6 Å². The first-order valence-electron chi connectivity index (χ1n) is 9.38. The highest BCUT2D eigenvalue weighted by atomic mass is 16.3. The Morgan fingerprint density at radius 1 is 0.781 bits per heavy atom. The molecule has 164 valence electrons. The normalized spacial score (nSPS) is 10.5. The molecule has 11 nitrogen and oxygen atoms in total. The van der Waals surface area contributed by atoms with Gasteiger partial charge in [-0.15, -0.1) is 0 Å². The summed E-state index contributed by atoms with van der Waals surface area (Å²) in [6.07, 6.45) is 2.64. The fourth-order valence-electron chi connectivity index (χ4n) is 2.38. The smallest absolute Gasteiger partial charge is 0.329 e. The largest absolute Gasteiger partial charge is 0.467 e. The molecule has 0 saturated heterocycles. The molecular formula is C21H19N5O6. The number of amides is 4. The maximum atomic E-state index is 11.9. The van der Waals surface area contributed by atoms with Gasteiger partial charge in [-0.3, -0.25) is 19.2 Å². The Labute approximate surface area is 181 Å². The number of benzene rings is 1. The number of hydrogen-bond acceptors (Lipinski definition) is 7. The lowest BCUT2D eigenvalue weighted by molar-refractivity contribution is -0.139. The molecule has 4 amide bonds.